The summed E-state index contributed by atoms with van der Waals surface area (Å²) in [7, 11) is 1.63. The SMILES string of the molecule is COc1ccc2oc(C(C)NC(=O)[C@@H](N)Cc3ccccc3)c(C)c2c1. The maximum Gasteiger partial charge on any atom is 0.237 e. The molecule has 2 aromatic carbocycles. The Morgan fingerprint density at radius 1 is 1.23 bits per heavy atom. The van der Waals surface area contributed by atoms with Gasteiger partial charge in [0.1, 0.15) is 17.1 Å². The van der Waals surface area contributed by atoms with Crippen LogP contribution in [0.3, 0.4) is 0 Å². The number of hydrogen-bond donors (Lipinski definition) is 2. The zero-order chi connectivity index (χ0) is 18.7. The Labute approximate surface area is 153 Å². The van der Waals surface area contributed by atoms with Crippen molar-refractivity contribution < 1.29 is 13.9 Å². The molecule has 5 heteroatoms. The quantitative estimate of drug-likeness (QED) is 0.712. The minimum atomic E-state index is -0.607. The van der Waals surface area contributed by atoms with Crippen molar-refractivity contribution in [1.29, 1.82) is 0 Å². The molecule has 3 aromatic rings. The Bertz CT molecular complexity index is 902. The molecule has 0 aliphatic rings. The number of carbonyl (C=O) groups excluding carboxylic acids is 1. The predicted octanol–water partition coefficient (Wildman–Crippen LogP) is 3.50. The van der Waals surface area contributed by atoms with Crippen molar-refractivity contribution >= 4 is 16.9 Å². The molecule has 0 radical (unpaired) electrons. The highest BCUT2D eigenvalue weighted by Crippen LogP contribution is 2.31. The van der Waals surface area contributed by atoms with Gasteiger partial charge in [0.25, 0.3) is 0 Å². The van der Waals surface area contributed by atoms with Crippen molar-refractivity contribution in [2.75, 3.05) is 7.11 Å². The van der Waals surface area contributed by atoms with Gasteiger partial charge in [-0.2, -0.15) is 0 Å². The Balaban J connectivity index is 1.73. The van der Waals surface area contributed by atoms with Gasteiger partial charge in [-0.25, -0.2) is 0 Å². The van der Waals surface area contributed by atoms with Gasteiger partial charge in [-0.15, -0.1) is 0 Å². The molecule has 0 aliphatic heterocycles. The van der Waals surface area contributed by atoms with E-state index in [1.807, 2.05) is 62.4 Å². The van der Waals surface area contributed by atoms with Gasteiger partial charge in [0, 0.05) is 10.9 Å². The molecule has 1 heterocycles. The number of nitrogens with two attached hydrogens (primary N) is 1. The minimum Gasteiger partial charge on any atom is -0.497 e. The number of ether oxygens (including phenoxy) is 1. The molecule has 0 saturated heterocycles. The molecule has 3 rings (SSSR count). The summed E-state index contributed by atoms with van der Waals surface area (Å²) in [4.78, 5) is 12.5. The van der Waals surface area contributed by atoms with E-state index in [1.54, 1.807) is 7.11 Å². The summed E-state index contributed by atoms with van der Waals surface area (Å²) in [6.07, 6.45) is 0.496. The van der Waals surface area contributed by atoms with E-state index in [0.717, 1.165) is 33.6 Å². The zero-order valence-electron chi connectivity index (χ0n) is 15.3. The molecule has 3 N–H and O–H groups in total. The summed E-state index contributed by atoms with van der Waals surface area (Å²) in [6, 6.07) is 14.5. The number of methoxy groups -OCH3 is 1. The second-order valence-electron chi connectivity index (χ2n) is 6.48. The van der Waals surface area contributed by atoms with E-state index in [9.17, 15) is 4.79 Å². The van der Waals surface area contributed by atoms with Gasteiger partial charge in [0.15, 0.2) is 0 Å². The van der Waals surface area contributed by atoms with E-state index in [1.165, 1.54) is 0 Å². The number of aryl methyl sites for hydroxylation is 1. The molecule has 5 nitrogen and oxygen atoms in total. The van der Waals surface area contributed by atoms with Gasteiger partial charge in [-0.3, -0.25) is 4.79 Å². The molecule has 0 spiro atoms. The fraction of sp³-hybridized carbons (Fsp3) is 0.286. The summed E-state index contributed by atoms with van der Waals surface area (Å²) >= 11 is 0. The van der Waals surface area contributed by atoms with Gasteiger partial charge in [0.2, 0.25) is 5.91 Å². The van der Waals surface area contributed by atoms with Gasteiger partial charge >= 0.3 is 0 Å². The number of benzene rings is 2. The molecule has 2 atom stereocenters. The number of furan rings is 1. The highest BCUT2D eigenvalue weighted by atomic mass is 16.5. The maximum absolute atomic E-state index is 12.5. The van der Waals surface area contributed by atoms with E-state index in [-0.39, 0.29) is 11.9 Å². The van der Waals surface area contributed by atoms with Crippen LogP contribution in [0.2, 0.25) is 0 Å². The second-order valence-corrected chi connectivity index (χ2v) is 6.48. The molecule has 1 aromatic heterocycles. The second kappa shape index (κ2) is 7.62. The summed E-state index contributed by atoms with van der Waals surface area (Å²) in [5, 5.41) is 3.94. The minimum absolute atomic E-state index is 0.196. The Hall–Kier alpha value is -2.79. The number of rotatable bonds is 6. The van der Waals surface area contributed by atoms with Crippen LogP contribution < -0.4 is 15.8 Å². The standard InChI is InChI=1S/C21H24N2O3/c1-13-17-12-16(25-3)9-10-19(17)26-20(13)14(2)23-21(24)18(22)11-15-7-5-4-6-8-15/h4-10,12,14,18H,11,22H2,1-3H3,(H,23,24)/t14?,18-/m0/s1. The van der Waals surface area contributed by atoms with Crippen molar-refractivity contribution in [3.63, 3.8) is 0 Å². The lowest BCUT2D eigenvalue weighted by Crippen LogP contribution is -2.43. The molecule has 26 heavy (non-hydrogen) atoms. The molecule has 0 aliphatic carbocycles. The number of nitrogens with one attached hydrogen (secondary N) is 1. The number of fused-ring (bicyclic) bond motifs is 1. The fourth-order valence-corrected chi connectivity index (χ4v) is 3.11. The van der Waals surface area contributed by atoms with Crippen LogP contribution in [0.1, 0.15) is 29.9 Å². The van der Waals surface area contributed by atoms with Crippen molar-refractivity contribution in [3.05, 3.63) is 65.4 Å². The molecule has 1 unspecified atom stereocenters. The fourth-order valence-electron chi connectivity index (χ4n) is 3.11. The summed E-state index contributed by atoms with van der Waals surface area (Å²) < 4.78 is 11.2. The topological polar surface area (TPSA) is 77.5 Å². The predicted molar refractivity (Wildman–Crippen MR) is 102 cm³/mol. The molecule has 0 bridgehead atoms. The molecule has 0 saturated carbocycles. The van der Waals surface area contributed by atoms with Crippen molar-refractivity contribution in [3.8, 4) is 5.75 Å². The smallest absolute Gasteiger partial charge is 0.237 e. The average molecular weight is 352 g/mol. The third kappa shape index (κ3) is 3.73. The highest BCUT2D eigenvalue weighted by Gasteiger charge is 2.21. The van der Waals surface area contributed by atoms with Crippen LogP contribution in [0.25, 0.3) is 11.0 Å². The number of amides is 1. The molecule has 1 amide bonds. The van der Waals surface area contributed by atoms with Crippen LogP contribution in [0.15, 0.2) is 52.9 Å². The average Bonchev–Trinajstić information content (AvgIpc) is 2.98. The van der Waals surface area contributed by atoms with Gasteiger partial charge in [0.05, 0.1) is 19.2 Å². The third-order valence-electron chi connectivity index (χ3n) is 4.57. The van der Waals surface area contributed by atoms with Gasteiger partial charge in [-0.05, 0) is 44.0 Å². The van der Waals surface area contributed by atoms with Crippen LogP contribution in [-0.2, 0) is 11.2 Å². The monoisotopic (exact) mass is 352 g/mol. The molecular weight excluding hydrogens is 328 g/mol. The van der Waals surface area contributed by atoms with Gasteiger partial charge in [-0.1, -0.05) is 30.3 Å². The first-order valence-corrected chi connectivity index (χ1v) is 8.66. The van der Waals surface area contributed by atoms with Crippen LogP contribution in [-0.4, -0.2) is 19.1 Å². The van der Waals surface area contributed by atoms with Crippen molar-refractivity contribution in [1.82, 2.24) is 5.32 Å². The van der Waals surface area contributed by atoms with Crippen LogP contribution in [0.4, 0.5) is 0 Å². The van der Waals surface area contributed by atoms with Crippen LogP contribution in [0.5, 0.6) is 5.75 Å². The largest absolute Gasteiger partial charge is 0.497 e. The number of hydrogen-bond acceptors (Lipinski definition) is 4. The Kier molecular flexibility index (Phi) is 5.28. The Morgan fingerprint density at radius 2 is 1.96 bits per heavy atom. The number of carbonyl (C=O) groups is 1. The summed E-state index contributed by atoms with van der Waals surface area (Å²) in [5.41, 5.74) is 8.86. The first-order chi connectivity index (χ1) is 12.5. The molecule has 136 valence electrons. The maximum atomic E-state index is 12.5. The lowest BCUT2D eigenvalue weighted by molar-refractivity contribution is -0.123. The summed E-state index contributed by atoms with van der Waals surface area (Å²) in [5.74, 6) is 1.31. The van der Waals surface area contributed by atoms with Crippen LogP contribution >= 0.6 is 0 Å². The Morgan fingerprint density at radius 3 is 2.65 bits per heavy atom. The summed E-state index contributed by atoms with van der Waals surface area (Å²) in [6.45, 7) is 3.88. The van der Waals surface area contributed by atoms with E-state index < -0.39 is 6.04 Å². The van der Waals surface area contributed by atoms with Crippen LogP contribution in [0, 0.1) is 6.92 Å². The van der Waals surface area contributed by atoms with Crippen molar-refractivity contribution in [2.24, 2.45) is 5.73 Å². The van der Waals surface area contributed by atoms with E-state index >= 15 is 0 Å². The van der Waals surface area contributed by atoms with E-state index in [4.69, 9.17) is 14.9 Å². The first-order valence-electron chi connectivity index (χ1n) is 8.66. The zero-order valence-corrected chi connectivity index (χ0v) is 15.3. The third-order valence-corrected chi connectivity index (χ3v) is 4.57. The normalized spacial score (nSPS) is 13.4. The highest BCUT2D eigenvalue weighted by molar-refractivity contribution is 5.85. The van der Waals surface area contributed by atoms with E-state index in [2.05, 4.69) is 5.32 Å². The molecular formula is C21H24N2O3. The van der Waals surface area contributed by atoms with Gasteiger partial charge < -0.3 is 20.2 Å². The van der Waals surface area contributed by atoms with E-state index in [0.29, 0.717) is 6.42 Å². The first kappa shape index (κ1) is 18.0. The van der Waals surface area contributed by atoms with Crippen molar-refractivity contribution in [2.45, 2.75) is 32.4 Å². The lowest BCUT2D eigenvalue weighted by atomic mass is 10.0. The lowest BCUT2D eigenvalue weighted by Gasteiger charge is -2.17. The molecule has 0 fully saturated rings.